The molecule has 2 rings (SSSR count). The van der Waals surface area contributed by atoms with E-state index in [4.69, 9.17) is 49.7 Å². The van der Waals surface area contributed by atoms with Gasteiger partial charge < -0.3 is 9.47 Å². The number of hydrogen-bond donors (Lipinski definition) is 2. The fraction of sp³-hybridized carbons (Fsp3) is 0.818. The Labute approximate surface area is 137 Å². The molecule has 1 aromatic rings. The third-order valence-electron chi connectivity index (χ3n) is 3.95. The number of alkyl halides is 3. The van der Waals surface area contributed by atoms with Crippen molar-refractivity contribution in [1.82, 2.24) is 20.6 Å². The van der Waals surface area contributed by atoms with Crippen molar-refractivity contribution >= 4 is 40.7 Å². The van der Waals surface area contributed by atoms with Gasteiger partial charge in [-0.3, -0.25) is 5.41 Å². The van der Waals surface area contributed by atoms with Gasteiger partial charge in [0, 0.05) is 5.92 Å². The summed E-state index contributed by atoms with van der Waals surface area (Å²) in [6.45, 7) is 6.07. The summed E-state index contributed by atoms with van der Waals surface area (Å²) in [4.78, 5) is 0. The summed E-state index contributed by atoms with van der Waals surface area (Å²) in [7, 11) is 0. The van der Waals surface area contributed by atoms with Crippen molar-refractivity contribution in [3.8, 4) is 0 Å². The molecule has 7 nitrogen and oxygen atoms in total. The molecular weight excluding hydrogens is 341 g/mol. The minimum Gasteiger partial charge on any atom is -0.448 e. The smallest absolute Gasteiger partial charge is 0.265 e. The first kappa shape index (κ1) is 16.7. The van der Waals surface area contributed by atoms with Crippen LogP contribution in [0.5, 0.6) is 0 Å². The Morgan fingerprint density at radius 3 is 2.43 bits per heavy atom. The number of rotatable bonds is 2. The summed E-state index contributed by atoms with van der Waals surface area (Å²) in [5.74, 6) is 0.360. The van der Waals surface area contributed by atoms with Gasteiger partial charge in [0.1, 0.15) is 6.10 Å². The Hall–Kier alpha value is -0.630. The van der Waals surface area contributed by atoms with Crippen LogP contribution < -0.4 is 0 Å². The van der Waals surface area contributed by atoms with E-state index in [1.54, 1.807) is 0 Å². The molecule has 5 atom stereocenters. The highest BCUT2D eigenvalue weighted by molar-refractivity contribution is 6.76. The lowest BCUT2D eigenvalue weighted by atomic mass is 9.79. The second-order valence-corrected chi connectivity index (χ2v) is 7.50. The maximum Gasteiger partial charge on any atom is 0.265 e. The second kappa shape index (κ2) is 6.24. The molecule has 0 aromatic carbocycles. The van der Waals surface area contributed by atoms with E-state index in [1.165, 1.54) is 0 Å². The van der Waals surface area contributed by atoms with Crippen LogP contribution in [-0.2, 0) is 9.47 Å². The molecule has 2 heterocycles. The van der Waals surface area contributed by atoms with Crippen molar-refractivity contribution in [2.45, 2.75) is 37.0 Å². The molecule has 0 saturated carbocycles. The molecule has 1 saturated heterocycles. The maximum atomic E-state index is 7.68. The lowest BCUT2D eigenvalue weighted by Crippen LogP contribution is -2.44. The van der Waals surface area contributed by atoms with Gasteiger partial charge in [0.25, 0.3) is 3.79 Å². The van der Waals surface area contributed by atoms with E-state index in [0.29, 0.717) is 5.82 Å². The van der Waals surface area contributed by atoms with Gasteiger partial charge in [0.15, 0.2) is 0 Å². The number of tetrazole rings is 1. The summed E-state index contributed by atoms with van der Waals surface area (Å²) >= 11 is 16.9. The molecule has 1 aromatic heterocycles. The van der Waals surface area contributed by atoms with Crippen LogP contribution in [0.3, 0.4) is 0 Å². The minimum atomic E-state index is -1.92. The lowest BCUT2D eigenvalue weighted by molar-refractivity contribution is -0.222. The average Bonchev–Trinajstić information content (AvgIpc) is 2.92. The van der Waals surface area contributed by atoms with Crippen molar-refractivity contribution in [3.05, 3.63) is 5.82 Å². The molecule has 2 N–H and O–H groups in total. The average molecular weight is 357 g/mol. The number of H-pyrrole nitrogens is 1. The first-order valence-corrected chi connectivity index (χ1v) is 7.56. The van der Waals surface area contributed by atoms with Crippen LogP contribution in [0.25, 0.3) is 0 Å². The third kappa shape index (κ3) is 3.59. The van der Waals surface area contributed by atoms with Gasteiger partial charge in [-0.15, -0.1) is 10.2 Å². The molecule has 0 bridgehead atoms. The highest BCUT2D eigenvalue weighted by Gasteiger charge is 2.44. The molecule has 0 radical (unpaired) electrons. The van der Waals surface area contributed by atoms with E-state index in [0.717, 1.165) is 0 Å². The zero-order valence-corrected chi connectivity index (χ0v) is 13.9. The Kier molecular flexibility index (Phi) is 4.97. The molecule has 1 aliphatic rings. The first-order valence-electron chi connectivity index (χ1n) is 6.43. The second-order valence-electron chi connectivity index (χ2n) is 5.22. The van der Waals surface area contributed by atoms with Gasteiger partial charge in [-0.25, -0.2) is 0 Å². The van der Waals surface area contributed by atoms with E-state index in [-0.39, 0.29) is 17.8 Å². The number of aromatic amines is 1. The SMILES string of the molecule is CC1[C@H](OC(=N)C(Cl)(Cl)Cl)OC(c2nn[nH]n2)[C@H](C)[C@@H]1C. The predicted octanol–water partition coefficient (Wildman–Crippen LogP) is 2.87. The molecule has 21 heavy (non-hydrogen) atoms. The monoisotopic (exact) mass is 355 g/mol. The van der Waals surface area contributed by atoms with E-state index < -0.39 is 22.1 Å². The van der Waals surface area contributed by atoms with E-state index in [9.17, 15) is 0 Å². The van der Waals surface area contributed by atoms with Crippen LogP contribution in [0.4, 0.5) is 0 Å². The lowest BCUT2D eigenvalue weighted by Gasteiger charge is -2.42. The quantitative estimate of drug-likeness (QED) is 0.482. The number of ether oxygens (including phenoxy) is 2. The van der Waals surface area contributed by atoms with E-state index in [1.807, 2.05) is 13.8 Å². The van der Waals surface area contributed by atoms with Crippen molar-refractivity contribution in [2.24, 2.45) is 17.8 Å². The van der Waals surface area contributed by atoms with Crippen molar-refractivity contribution < 1.29 is 9.47 Å². The van der Waals surface area contributed by atoms with Crippen molar-refractivity contribution in [1.29, 1.82) is 5.41 Å². The van der Waals surface area contributed by atoms with Gasteiger partial charge in [0.05, 0.1) is 0 Å². The molecular formula is C11H16Cl3N5O2. The van der Waals surface area contributed by atoms with Crippen LogP contribution in [-0.4, -0.2) is 36.6 Å². The fourth-order valence-electron chi connectivity index (χ4n) is 2.30. The standard InChI is InChI=1S/C11H16Cl3N5O2/c1-4-5(2)7(8-16-18-19-17-8)20-9(6(4)3)21-10(15)11(12,13)14/h4-7,9,15H,1-3H3,(H,16,17,18,19)/t4-,5+,6?,7?,9-/m0/s1. The minimum absolute atomic E-state index is 0.0100. The summed E-state index contributed by atoms with van der Waals surface area (Å²) in [6.07, 6.45) is -1.12. The number of nitrogens with one attached hydrogen (secondary N) is 2. The molecule has 1 fully saturated rings. The number of nitrogens with zero attached hydrogens (tertiary/aromatic N) is 3. The molecule has 2 unspecified atom stereocenters. The van der Waals surface area contributed by atoms with Crippen LogP contribution in [0, 0.1) is 23.2 Å². The zero-order valence-electron chi connectivity index (χ0n) is 11.7. The zero-order chi connectivity index (χ0) is 15.8. The molecule has 0 aliphatic carbocycles. The largest absolute Gasteiger partial charge is 0.448 e. The third-order valence-corrected chi connectivity index (χ3v) is 4.47. The van der Waals surface area contributed by atoms with Crippen LogP contribution in [0.15, 0.2) is 0 Å². The van der Waals surface area contributed by atoms with Crippen molar-refractivity contribution in [3.63, 3.8) is 0 Å². The Morgan fingerprint density at radius 1 is 1.24 bits per heavy atom. The first-order chi connectivity index (χ1) is 9.71. The normalized spacial score (nSPS) is 33.7. The van der Waals surface area contributed by atoms with Crippen LogP contribution in [0.1, 0.15) is 32.7 Å². The van der Waals surface area contributed by atoms with Crippen LogP contribution in [0.2, 0.25) is 0 Å². The van der Waals surface area contributed by atoms with E-state index in [2.05, 4.69) is 27.5 Å². The molecule has 10 heteroatoms. The highest BCUT2D eigenvalue weighted by Crippen LogP contribution is 2.42. The molecule has 1 aliphatic heterocycles. The van der Waals surface area contributed by atoms with Gasteiger partial charge in [-0.05, 0) is 11.8 Å². The maximum absolute atomic E-state index is 7.68. The van der Waals surface area contributed by atoms with Crippen molar-refractivity contribution in [2.75, 3.05) is 0 Å². The predicted molar refractivity (Wildman–Crippen MR) is 78.4 cm³/mol. The molecule has 118 valence electrons. The summed E-state index contributed by atoms with van der Waals surface area (Å²) in [6, 6.07) is 0. The highest BCUT2D eigenvalue weighted by atomic mass is 35.6. The molecule has 0 spiro atoms. The number of aromatic nitrogens is 4. The summed E-state index contributed by atoms with van der Waals surface area (Å²) in [5, 5.41) is 21.5. The number of hydrogen-bond acceptors (Lipinski definition) is 6. The number of halogens is 3. The van der Waals surface area contributed by atoms with Gasteiger partial charge in [0.2, 0.25) is 18.0 Å². The Bertz CT molecular complexity index is 493. The Balaban J connectivity index is 2.16. The van der Waals surface area contributed by atoms with Gasteiger partial charge >= 0.3 is 0 Å². The fourth-order valence-corrected chi connectivity index (χ4v) is 2.43. The molecule has 0 amide bonds. The Morgan fingerprint density at radius 2 is 1.90 bits per heavy atom. The van der Waals surface area contributed by atoms with Gasteiger partial charge in [-0.1, -0.05) is 60.8 Å². The summed E-state index contributed by atoms with van der Waals surface area (Å²) in [5.41, 5.74) is 0. The topological polar surface area (TPSA) is 96.8 Å². The van der Waals surface area contributed by atoms with Gasteiger partial charge in [-0.2, -0.15) is 5.21 Å². The van der Waals surface area contributed by atoms with E-state index >= 15 is 0 Å². The van der Waals surface area contributed by atoms with Crippen LogP contribution >= 0.6 is 34.8 Å². The summed E-state index contributed by atoms with van der Waals surface area (Å²) < 4.78 is 9.34.